The van der Waals surface area contributed by atoms with E-state index < -0.39 is 41.1 Å². The van der Waals surface area contributed by atoms with E-state index in [9.17, 15) is 19.5 Å². The molecule has 4 aliphatic rings. The third kappa shape index (κ3) is 4.32. The highest BCUT2D eigenvalue weighted by Gasteiger charge is 2.75. The van der Waals surface area contributed by atoms with Gasteiger partial charge in [-0.15, -0.1) is 0 Å². The molecule has 2 fully saturated rings. The summed E-state index contributed by atoms with van der Waals surface area (Å²) in [7, 11) is 0. The topological polar surface area (TPSA) is 96.4 Å². The minimum atomic E-state index is -1.43. The van der Waals surface area contributed by atoms with E-state index in [0.29, 0.717) is 10.7 Å². The van der Waals surface area contributed by atoms with Crippen molar-refractivity contribution in [2.75, 3.05) is 24.7 Å². The number of carbonyl (C=O) groups is 3. The summed E-state index contributed by atoms with van der Waals surface area (Å²) < 4.78 is 12.5. The van der Waals surface area contributed by atoms with Crippen molar-refractivity contribution in [2.45, 2.75) is 70.2 Å². The number of likely N-dealkylation sites (tertiary alicyclic amines) is 1. The third-order valence-corrected chi connectivity index (χ3v) is 9.02. The summed E-state index contributed by atoms with van der Waals surface area (Å²) >= 11 is 6.61. The molecule has 0 radical (unpaired) electrons. The lowest BCUT2D eigenvalue weighted by Crippen LogP contribution is -2.59. The summed E-state index contributed by atoms with van der Waals surface area (Å²) in [6.45, 7) is 7.61. The summed E-state index contributed by atoms with van der Waals surface area (Å²) in [4.78, 5) is 45.8. The molecule has 39 heavy (non-hydrogen) atoms. The molecule has 6 atom stereocenters. The van der Waals surface area contributed by atoms with Gasteiger partial charge < -0.3 is 24.4 Å². The number of ether oxygens (including phenoxy) is 2. The number of esters is 1. The molecule has 8 nitrogen and oxygen atoms in total. The molecule has 1 unspecified atom stereocenters. The maximum absolute atomic E-state index is 14.6. The molecule has 0 bridgehead atoms. The van der Waals surface area contributed by atoms with Crippen molar-refractivity contribution in [1.29, 1.82) is 0 Å². The molecule has 1 spiro atoms. The van der Waals surface area contributed by atoms with Crippen molar-refractivity contribution in [3.63, 3.8) is 0 Å². The first kappa shape index (κ1) is 27.9. The predicted octanol–water partition coefficient (Wildman–Crippen LogP) is 3.82. The number of amides is 2. The van der Waals surface area contributed by atoms with E-state index in [2.05, 4.69) is 0 Å². The summed E-state index contributed by atoms with van der Waals surface area (Å²) in [6, 6.07) is 3.66. The number of cyclic esters (lactones) is 1. The van der Waals surface area contributed by atoms with E-state index in [-0.39, 0.29) is 37.5 Å². The van der Waals surface area contributed by atoms with Gasteiger partial charge in [-0.2, -0.15) is 0 Å². The number of aryl methyl sites for hydroxylation is 1. The molecule has 2 saturated heterocycles. The summed E-state index contributed by atoms with van der Waals surface area (Å²) in [5.74, 6) is -3.37. The van der Waals surface area contributed by atoms with E-state index in [1.807, 2.05) is 51.1 Å². The van der Waals surface area contributed by atoms with Crippen molar-refractivity contribution < 1.29 is 29.0 Å². The maximum Gasteiger partial charge on any atom is 0.313 e. The largest absolute Gasteiger partial charge is 0.465 e. The Morgan fingerprint density at radius 2 is 1.87 bits per heavy atom. The molecule has 0 aromatic heterocycles. The maximum atomic E-state index is 14.6. The van der Waals surface area contributed by atoms with Crippen molar-refractivity contribution in [2.24, 2.45) is 17.8 Å². The second kappa shape index (κ2) is 10.4. The number of halogens is 1. The fraction of sp³-hybridized carbons (Fsp3) is 0.567. The summed E-state index contributed by atoms with van der Waals surface area (Å²) in [6.07, 6.45) is 9.85. The number of allylic oxidation sites excluding steroid dienone is 1. The average molecular weight is 557 g/mol. The van der Waals surface area contributed by atoms with Crippen LogP contribution in [0.4, 0.5) is 5.69 Å². The number of carbonyl (C=O) groups excluding carboxylic acids is 3. The van der Waals surface area contributed by atoms with Crippen LogP contribution < -0.4 is 4.90 Å². The first-order chi connectivity index (χ1) is 18.6. The number of anilines is 1. The smallest absolute Gasteiger partial charge is 0.313 e. The normalized spacial score (nSPS) is 34.3. The number of benzene rings is 1. The zero-order chi connectivity index (χ0) is 28.1. The van der Waals surface area contributed by atoms with Crippen LogP contribution in [0.2, 0.25) is 5.02 Å². The Morgan fingerprint density at radius 3 is 2.56 bits per heavy atom. The molecule has 0 saturated carbocycles. The lowest BCUT2D eigenvalue weighted by Gasteiger charge is -2.41. The van der Waals surface area contributed by atoms with E-state index in [1.165, 1.54) is 4.90 Å². The zero-order valence-corrected chi connectivity index (χ0v) is 23.7. The van der Waals surface area contributed by atoms with Crippen LogP contribution in [0.25, 0.3) is 0 Å². The number of aliphatic hydroxyl groups excluding tert-OH is 1. The van der Waals surface area contributed by atoms with Gasteiger partial charge in [0.2, 0.25) is 5.91 Å². The zero-order valence-electron chi connectivity index (χ0n) is 22.9. The number of hydrogen-bond acceptors (Lipinski definition) is 6. The van der Waals surface area contributed by atoms with Crippen LogP contribution in [0.15, 0.2) is 42.5 Å². The fourth-order valence-corrected chi connectivity index (χ4v) is 7.20. The van der Waals surface area contributed by atoms with Crippen molar-refractivity contribution in [3.8, 4) is 0 Å². The van der Waals surface area contributed by atoms with E-state index in [4.69, 9.17) is 21.1 Å². The average Bonchev–Trinajstić information content (AvgIpc) is 3.20. The minimum Gasteiger partial charge on any atom is -0.465 e. The summed E-state index contributed by atoms with van der Waals surface area (Å²) in [5, 5.41) is 10.9. The molecular formula is C30H37ClN2O6. The van der Waals surface area contributed by atoms with Gasteiger partial charge in [0.05, 0.1) is 41.5 Å². The number of aliphatic hydroxyl groups is 1. The highest BCUT2D eigenvalue weighted by molar-refractivity contribution is 6.34. The Bertz CT molecular complexity index is 1210. The molecule has 5 rings (SSSR count). The van der Waals surface area contributed by atoms with Gasteiger partial charge >= 0.3 is 5.97 Å². The Labute approximate surface area is 234 Å². The number of hydrogen-bond donors (Lipinski definition) is 1. The van der Waals surface area contributed by atoms with Crippen molar-refractivity contribution in [3.05, 3.63) is 53.1 Å². The molecular weight excluding hydrogens is 520 g/mol. The van der Waals surface area contributed by atoms with Gasteiger partial charge in [0.15, 0.2) is 0 Å². The van der Waals surface area contributed by atoms with Crippen LogP contribution in [0.1, 0.15) is 45.6 Å². The van der Waals surface area contributed by atoms with E-state index in [1.54, 1.807) is 24.0 Å². The standard InChI is InChI=1S/C30H37ClN2O6/c1-18(2)21(17-34)33-25-27(36)32(24-19(3)11-9-12-20(24)31)15-10-14-30(25)22(26(33)35)23-28(37)38-16-8-6-5-7-13-29(23,4)39-30/h7,9-14,18,21-23,25,34H,5-6,8,15-17H2,1-4H3/b13-7-/t21-,22-,23+,25?,29-,30-/m0/s1. The molecule has 0 aliphatic carbocycles. The highest BCUT2D eigenvalue weighted by Crippen LogP contribution is 2.58. The number of nitrogens with zero attached hydrogens (tertiary/aromatic N) is 2. The first-order valence-electron chi connectivity index (χ1n) is 13.8. The number of para-hydroxylation sites is 1. The van der Waals surface area contributed by atoms with Gasteiger partial charge in [-0.25, -0.2) is 0 Å². The summed E-state index contributed by atoms with van der Waals surface area (Å²) in [5.41, 5.74) is -1.22. The lowest BCUT2D eigenvalue weighted by atomic mass is 9.74. The van der Waals surface area contributed by atoms with E-state index >= 15 is 0 Å². The lowest BCUT2D eigenvalue weighted by molar-refractivity contribution is -0.160. The van der Waals surface area contributed by atoms with Gasteiger partial charge in [0.25, 0.3) is 5.91 Å². The number of fused-ring (bicyclic) bond motifs is 2. The van der Waals surface area contributed by atoms with Gasteiger partial charge in [-0.1, -0.05) is 61.9 Å². The van der Waals surface area contributed by atoms with Crippen LogP contribution >= 0.6 is 11.6 Å². The quantitative estimate of drug-likeness (QED) is 0.447. The van der Waals surface area contributed by atoms with Gasteiger partial charge in [-0.05, 0) is 50.7 Å². The Balaban J connectivity index is 1.71. The molecule has 1 N–H and O–H groups in total. The molecule has 1 aromatic carbocycles. The minimum absolute atomic E-state index is 0.160. The number of rotatable bonds is 4. The van der Waals surface area contributed by atoms with Crippen LogP contribution in [-0.2, 0) is 23.9 Å². The van der Waals surface area contributed by atoms with Gasteiger partial charge in [0.1, 0.15) is 17.6 Å². The molecule has 4 heterocycles. The SMILES string of the molecule is Cc1cccc(Cl)c1N1CC=C[C@]23O[C@@]4(C)/C=C\CCCCOC(=O)[C@H]4[C@H]2C(=O)N([C@@H](CO)C(C)C)C3C1=O. The second-order valence-electron chi connectivity index (χ2n) is 11.6. The van der Waals surface area contributed by atoms with Crippen molar-refractivity contribution in [1.82, 2.24) is 4.90 Å². The highest BCUT2D eigenvalue weighted by atomic mass is 35.5. The Morgan fingerprint density at radius 1 is 1.10 bits per heavy atom. The molecule has 210 valence electrons. The predicted molar refractivity (Wildman–Crippen MR) is 147 cm³/mol. The second-order valence-corrected chi connectivity index (χ2v) is 12.0. The van der Waals surface area contributed by atoms with Gasteiger partial charge in [0, 0.05) is 6.54 Å². The van der Waals surface area contributed by atoms with Crippen LogP contribution in [0.3, 0.4) is 0 Å². The Kier molecular flexibility index (Phi) is 7.42. The molecule has 1 aromatic rings. The van der Waals surface area contributed by atoms with Crippen molar-refractivity contribution >= 4 is 35.1 Å². The third-order valence-electron chi connectivity index (χ3n) is 8.71. The van der Waals surface area contributed by atoms with Crippen LogP contribution in [0, 0.1) is 24.7 Å². The monoisotopic (exact) mass is 556 g/mol. The van der Waals surface area contributed by atoms with Gasteiger partial charge in [-0.3, -0.25) is 14.4 Å². The van der Waals surface area contributed by atoms with Crippen LogP contribution in [-0.4, -0.2) is 70.8 Å². The molecule has 4 aliphatic heterocycles. The molecule has 9 heteroatoms. The Hall–Kier alpha value is -2.68. The first-order valence-corrected chi connectivity index (χ1v) is 14.2. The van der Waals surface area contributed by atoms with E-state index in [0.717, 1.165) is 24.8 Å². The fourth-order valence-electron chi connectivity index (χ4n) is 6.88. The van der Waals surface area contributed by atoms with Crippen LogP contribution in [0.5, 0.6) is 0 Å². The molecule has 2 amide bonds.